The molecule has 0 bridgehead atoms. The summed E-state index contributed by atoms with van der Waals surface area (Å²) in [5.41, 5.74) is 1.01. The van der Waals surface area contributed by atoms with Gasteiger partial charge in [0.1, 0.15) is 11.2 Å². The molecule has 0 aromatic carbocycles. The van der Waals surface area contributed by atoms with Crippen molar-refractivity contribution in [3.05, 3.63) is 34.7 Å². The highest BCUT2D eigenvalue weighted by molar-refractivity contribution is 5.89. The van der Waals surface area contributed by atoms with E-state index >= 15 is 0 Å². The number of anilines is 1. The van der Waals surface area contributed by atoms with Crippen LogP contribution in [0, 0.1) is 0 Å². The van der Waals surface area contributed by atoms with Gasteiger partial charge in [0.15, 0.2) is 0 Å². The largest absolute Gasteiger partial charge is 0.444 e. The van der Waals surface area contributed by atoms with E-state index in [0.717, 1.165) is 37.0 Å². The van der Waals surface area contributed by atoms with Crippen LogP contribution in [0.1, 0.15) is 33.6 Å². The minimum atomic E-state index is -0.488. The van der Waals surface area contributed by atoms with Gasteiger partial charge >= 0.3 is 6.09 Å². The third-order valence-corrected chi connectivity index (χ3v) is 4.17. The molecular formula is C18H24N4O3. The Balaban J connectivity index is 1.65. The van der Waals surface area contributed by atoms with Crippen molar-refractivity contribution in [1.82, 2.24) is 15.3 Å². The second-order valence-electron chi connectivity index (χ2n) is 7.32. The number of ether oxygens (including phenoxy) is 1. The number of pyridine rings is 2. The number of fused-ring (bicyclic) bond motifs is 1. The van der Waals surface area contributed by atoms with Gasteiger partial charge in [-0.05, 0) is 45.7 Å². The molecule has 2 aromatic rings. The fourth-order valence-electron chi connectivity index (χ4n) is 3.06. The average Bonchev–Trinajstić information content (AvgIpc) is 2.53. The molecular weight excluding hydrogens is 320 g/mol. The van der Waals surface area contributed by atoms with Crippen LogP contribution in [0.3, 0.4) is 0 Å². The second-order valence-corrected chi connectivity index (χ2v) is 7.32. The quantitative estimate of drug-likeness (QED) is 0.873. The van der Waals surface area contributed by atoms with Gasteiger partial charge < -0.3 is 19.9 Å². The molecule has 1 fully saturated rings. The summed E-state index contributed by atoms with van der Waals surface area (Å²) in [6, 6.07) is 5.40. The zero-order valence-electron chi connectivity index (χ0n) is 14.8. The van der Waals surface area contributed by atoms with Crippen molar-refractivity contribution >= 4 is 22.8 Å². The Labute approximate surface area is 146 Å². The van der Waals surface area contributed by atoms with Crippen molar-refractivity contribution < 1.29 is 9.53 Å². The number of nitrogens with one attached hydrogen (secondary N) is 2. The number of hydrogen-bond acceptors (Lipinski definition) is 5. The number of nitrogens with zero attached hydrogens (tertiary/aromatic N) is 2. The summed E-state index contributed by atoms with van der Waals surface area (Å²) in [7, 11) is 0. The van der Waals surface area contributed by atoms with Crippen LogP contribution in [-0.4, -0.2) is 40.8 Å². The fraction of sp³-hybridized carbons (Fsp3) is 0.500. The van der Waals surface area contributed by atoms with E-state index in [4.69, 9.17) is 4.74 Å². The van der Waals surface area contributed by atoms with Gasteiger partial charge in [-0.3, -0.25) is 4.79 Å². The maximum Gasteiger partial charge on any atom is 0.407 e. The Kier molecular flexibility index (Phi) is 4.65. The van der Waals surface area contributed by atoms with E-state index in [9.17, 15) is 9.59 Å². The predicted octanol–water partition coefficient (Wildman–Crippen LogP) is 2.42. The zero-order valence-corrected chi connectivity index (χ0v) is 14.8. The van der Waals surface area contributed by atoms with Gasteiger partial charge in [-0.15, -0.1) is 0 Å². The number of aromatic amines is 1. The molecule has 1 amide bonds. The Morgan fingerprint density at radius 1 is 1.28 bits per heavy atom. The first-order valence-corrected chi connectivity index (χ1v) is 8.54. The van der Waals surface area contributed by atoms with E-state index in [-0.39, 0.29) is 17.7 Å². The lowest BCUT2D eigenvalue weighted by Crippen LogP contribution is -2.46. The van der Waals surface area contributed by atoms with E-state index in [0.29, 0.717) is 5.65 Å². The number of alkyl carbamates (subject to hydrolysis) is 1. The lowest BCUT2D eigenvalue weighted by Gasteiger charge is -2.34. The maximum atomic E-state index is 11.9. The van der Waals surface area contributed by atoms with Crippen molar-refractivity contribution in [3.8, 4) is 0 Å². The van der Waals surface area contributed by atoms with Crippen molar-refractivity contribution in [1.29, 1.82) is 0 Å². The summed E-state index contributed by atoms with van der Waals surface area (Å²) >= 11 is 0. The molecule has 1 aliphatic rings. The number of aromatic nitrogens is 2. The van der Waals surface area contributed by atoms with Crippen LogP contribution < -0.4 is 15.8 Å². The molecule has 0 saturated carbocycles. The molecule has 0 unspecified atom stereocenters. The highest BCUT2D eigenvalue weighted by Gasteiger charge is 2.24. The van der Waals surface area contributed by atoms with Gasteiger partial charge in [0, 0.05) is 42.5 Å². The average molecular weight is 344 g/mol. The first-order valence-electron chi connectivity index (χ1n) is 8.54. The maximum absolute atomic E-state index is 11.9. The summed E-state index contributed by atoms with van der Waals surface area (Å²) in [6.07, 6.45) is 3.02. The molecule has 2 N–H and O–H groups in total. The van der Waals surface area contributed by atoms with Crippen LogP contribution in [0.15, 0.2) is 29.2 Å². The Hall–Kier alpha value is -2.57. The number of H-pyrrole nitrogens is 1. The van der Waals surface area contributed by atoms with Gasteiger partial charge in [-0.25, -0.2) is 9.78 Å². The van der Waals surface area contributed by atoms with Gasteiger partial charge in [0.25, 0.3) is 0 Å². The van der Waals surface area contributed by atoms with E-state index in [1.165, 1.54) is 6.07 Å². The predicted molar refractivity (Wildman–Crippen MR) is 97.0 cm³/mol. The third-order valence-electron chi connectivity index (χ3n) is 4.17. The summed E-state index contributed by atoms with van der Waals surface area (Å²) in [6.45, 7) is 7.20. The van der Waals surface area contributed by atoms with Crippen LogP contribution in [-0.2, 0) is 4.74 Å². The minimum Gasteiger partial charge on any atom is -0.444 e. The molecule has 0 radical (unpaired) electrons. The van der Waals surface area contributed by atoms with E-state index in [2.05, 4.69) is 20.2 Å². The van der Waals surface area contributed by atoms with E-state index in [1.54, 1.807) is 6.20 Å². The van der Waals surface area contributed by atoms with Crippen molar-refractivity contribution in [2.75, 3.05) is 18.0 Å². The summed E-state index contributed by atoms with van der Waals surface area (Å²) in [4.78, 5) is 32.6. The topological polar surface area (TPSA) is 87.3 Å². The highest BCUT2D eigenvalue weighted by Crippen LogP contribution is 2.26. The van der Waals surface area contributed by atoms with E-state index < -0.39 is 5.60 Å². The van der Waals surface area contributed by atoms with Crippen LogP contribution in [0.25, 0.3) is 11.0 Å². The minimum absolute atomic E-state index is 0.110. The van der Waals surface area contributed by atoms with Gasteiger partial charge in [0.2, 0.25) is 5.56 Å². The molecule has 1 aliphatic heterocycles. The molecule has 134 valence electrons. The summed E-state index contributed by atoms with van der Waals surface area (Å²) in [5, 5.41) is 3.88. The van der Waals surface area contributed by atoms with Gasteiger partial charge in [0.05, 0.1) is 0 Å². The van der Waals surface area contributed by atoms with Crippen molar-refractivity contribution in [3.63, 3.8) is 0 Å². The van der Waals surface area contributed by atoms with Crippen LogP contribution in [0.4, 0.5) is 10.5 Å². The molecule has 1 saturated heterocycles. The standard InChI is InChI=1S/C18H24N4O3/c1-18(2,3)25-17(24)20-12-7-10-22(11-8-12)14-6-9-19-16-13(14)4-5-15(23)21-16/h4-6,9,12H,7-8,10-11H2,1-3H3,(H,20,24)(H,19,21,23). The Morgan fingerprint density at radius 3 is 2.68 bits per heavy atom. The first-order chi connectivity index (χ1) is 11.8. The molecule has 0 aliphatic carbocycles. The highest BCUT2D eigenvalue weighted by atomic mass is 16.6. The lowest BCUT2D eigenvalue weighted by atomic mass is 10.0. The number of rotatable bonds is 2. The van der Waals surface area contributed by atoms with Gasteiger partial charge in [-0.1, -0.05) is 0 Å². The molecule has 2 aromatic heterocycles. The monoisotopic (exact) mass is 344 g/mol. The molecule has 7 heteroatoms. The van der Waals surface area contributed by atoms with E-state index in [1.807, 2.05) is 32.9 Å². The SMILES string of the molecule is CC(C)(C)OC(=O)NC1CCN(c2ccnc3[nH]c(=O)ccc23)CC1. The number of piperidine rings is 1. The van der Waals surface area contributed by atoms with Crippen molar-refractivity contribution in [2.24, 2.45) is 0 Å². The third kappa shape index (κ3) is 4.29. The number of carbonyl (C=O) groups is 1. The molecule has 0 atom stereocenters. The normalized spacial score (nSPS) is 16.0. The van der Waals surface area contributed by atoms with Crippen LogP contribution in [0.5, 0.6) is 0 Å². The first kappa shape index (κ1) is 17.3. The Morgan fingerprint density at radius 2 is 2.00 bits per heavy atom. The number of hydrogen-bond donors (Lipinski definition) is 2. The van der Waals surface area contributed by atoms with Crippen molar-refractivity contribution in [2.45, 2.75) is 45.3 Å². The second kappa shape index (κ2) is 6.74. The summed E-state index contributed by atoms with van der Waals surface area (Å²) in [5.74, 6) is 0. The summed E-state index contributed by atoms with van der Waals surface area (Å²) < 4.78 is 5.32. The lowest BCUT2D eigenvalue weighted by molar-refractivity contribution is 0.0497. The number of carbonyl (C=O) groups excluding carboxylic acids is 1. The molecule has 3 rings (SSSR count). The zero-order chi connectivity index (χ0) is 18.0. The fourth-order valence-corrected chi connectivity index (χ4v) is 3.06. The Bertz CT molecular complexity index is 817. The smallest absolute Gasteiger partial charge is 0.407 e. The molecule has 25 heavy (non-hydrogen) atoms. The molecule has 0 spiro atoms. The molecule has 7 nitrogen and oxygen atoms in total. The van der Waals surface area contributed by atoms with Crippen LogP contribution >= 0.6 is 0 Å². The van der Waals surface area contributed by atoms with Gasteiger partial charge in [-0.2, -0.15) is 0 Å². The number of amides is 1. The molecule has 3 heterocycles. The van der Waals surface area contributed by atoms with Crippen LogP contribution in [0.2, 0.25) is 0 Å².